The zero-order valence-corrected chi connectivity index (χ0v) is 21.4. The Balaban J connectivity index is 1.92. The van der Waals surface area contributed by atoms with E-state index in [9.17, 15) is 9.59 Å². The van der Waals surface area contributed by atoms with E-state index in [1.54, 1.807) is 4.90 Å². The number of amides is 2. The minimum Gasteiger partial charge on any atom is -0.484 e. The zero-order chi connectivity index (χ0) is 25.4. The number of carbonyl (C=O) groups is 2. The predicted molar refractivity (Wildman–Crippen MR) is 140 cm³/mol. The van der Waals surface area contributed by atoms with Crippen molar-refractivity contribution in [2.45, 2.75) is 59.2 Å². The fourth-order valence-electron chi connectivity index (χ4n) is 3.88. The summed E-state index contributed by atoms with van der Waals surface area (Å²) in [7, 11) is 0. The fraction of sp³-hybridized carbons (Fsp3) is 0.333. The molecule has 3 rings (SSSR count). The number of nitrogens with zero attached hydrogens (tertiary/aromatic N) is 1. The first-order chi connectivity index (χ1) is 16.6. The summed E-state index contributed by atoms with van der Waals surface area (Å²) < 4.78 is 5.82. The van der Waals surface area contributed by atoms with E-state index in [4.69, 9.17) is 4.74 Å². The molecule has 5 heteroatoms. The maximum absolute atomic E-state index is 13.6. The van der Waals surface area contributed by atoms with Gasteiger partial charge >= 0.3 is 0 Å². The van der Waals surface area contributed by atoms with Gasteiger partial charge in [-0.2, -0.15) is 0 Å². The molecular weight excluding hydrogens is 436 g/mol. The van der Waals surface area contributed by atoms with Crippen LogP contribution in [0.1, 0.15) is 43.0 Å². The van der Waals surface area contributed by atoms with Crippen molar-refractivity contribution in [3.63, 3.8) is 0 Å². The van der Waals surface area contributed by atoms with Crippen LogP contribution >= 0.6 is 0 Å². The lowest BCUT2D eigenvalue weighted by Crippen LogP contribution is -2.55. The SMILES string of the molecule is Cc1ccc(OCC(=O)N(Cc2cccc(C)c2)[C@H](Cc2ccccc2)C(=O)NC(C)(C)C)cc1. The number of nitrogens with one attached hydrogen (secondary N) is 1. The van der Waals surface area contributed by atoms with Gasteiger partial charge in [-0.15, -0.1) is 0 Å². The van der Waals surface area contributed by atoms with Gasteiger partial charge in [-0.05, 0) is 57.9 Å². The number of benzene rings is 3. The number of rotatable bonds is 9. The largest absolute Gasteiger partial charge is 0.484 e. The molecule has 0 saturated heterocycles. The van der Waals surface area contributed by atoms with Crippen molar-refractivity contribution in [3.8, 4) is 5.75 Å². The van der Waals surface area contributed by atoms with Gasteiger partial charge in [0.2, 0.25) is 5.91 Å². The molecule has 0 radical (unpaired) electrons. The van der Waals surface area contributed by atoms with Gasteiger partial charge < -0.3 is 15.0 Å². The first kappa shape index (κ1) is 26.0. The first-order valence-electron chi connectivity index (χ1n) is 12.0. The number of carbonyl (C=O) groups excluding carboxylic acids is 2. The normalized spacial score (nSPS) is 12.0. The Morgan fingerprint density at radius 3 is 2.14 bits per heavy atom. The van der Waals surface area contributed by atoms with Gasteiger partial charge in [0.05, 0.1) is 0 Å². The second-order valence-electron chi connectivity index (χ2n) is 10.1. The highest BCUT2D eigenvalue weighted by molar-refractivity contribution is 5.89. The van der Waals surface area contributed by atoms with Crippen LogP contribution in [0.15, 0.2) is 78.9 Å². The second kappa shape index (κ2) is 11.7. The molecule has 0 spiro atoms. The summed E-state index contributed by atoms with van der Waals surface area (Å²) in [6, 6.07) is 24.7. The average molecular weight is 473 g/mol. The van der Waals surface area contributed by atoms with Crippen LogP contribution in [0.25, 0.3) is 0 Å². The van der Waals surface area contributed by atoms with Crippen LogP contribution in [0.3, 0.4) is 0 Å². The van der Waals surface area contributed by atoms with Crippen LogP contribution in [0, 0.1) is 13.8 Å². The third-order valence-electron chi connectivity index (χ3n) is 5.59. The monoisotopic (exact) mass is 472 g/mol. The Hall–Kier alpha value is -3.60. The Bertz CT molecular complexity index is 1120. The van der Waals surface area contributed by atoms with E-state index < -0.39 is 11.6 Å². The van der Waals surface area contributed by atoms with Gasteiger partial charge in [0.15, 0.2) is 6.61 Å². The van der Waals surface area contributed by atoms with Gasteiger partial charge in [0, 0.05) is 18.5 Å². The van der Waals surface area contributed by atoms with Gasteiger partial charge in [-0.1, -0.05) is 77.9 Å². The molecule has 2 amide bonds. The minimum absolute atomic E-state index is 0.150. The summed E-state index contributed by atoms with van der Waals surface area (Å²) in [5, 5.41) is 3.08. The van der Waals surface area contributed by atoms with Crippen molar-refractivity contribution in [1.82, 2.24) is 10.2 Å². The predicted octanol–water partition coefficient (Wildman–Crippen LogP) is 5.24. The van der Waals surface area contributed by atoms with Gasteiger partial charge in [-0.25, -0.2) is 0 Å². The lowest BCUT2D eigenvalue weighted by atomic mass is 10.0. The molecule has 3 aromatic carbocycles. The molecule has 0 aliphatic carbocycles. The summed E-state index contributed by atoms with van der Waals surface area (Å²) in [6.07, 6.45) is 0.408. The highest BCUT2D eigenvalue weighted by Crippen LogP contribution is 2.18. The number of hydrogen-bond donors (Lipinski definition) is 1. The molecule has 184 valence electrons. The molecule has 0 saturated carbocycles. The Morgan fingerprint density at radius 1 is 0.857 bits per heavy atom. The van der Waals surface area contributed by atoms with E-state index in [0.717, 1.165) is 22.3 Å². The minimum atomic E-state index is -0.689. The third-order valence-corrected chi connectivity index (χ3v) is 5.59. The summed E-state index contributed by atoms with van der Waals surface area (Å²) in [5.74, 6) is 0.202. The van der Waals surface area contributed by atoms with Crippen LogP contribution in [-0.4, -0.2) is 34.9 Å². The molecular formula is C30H36N2O3. The van der Waals surface area contributed by atoms with Crippen LogP contribution in [-0.2, 0) is 22.6 Å². The summed E-state index contributed by atoms with van der Waals surface area (Å²) in [5.41, 5.74) is 3.75. The molecule has 0 bridgehead atoms. The van der Waals surface area contributed by atoms with Crippen LogP contribution in [0.5, 0.6) is 5.75 Å². The quantitative estimate of drug-likeness (QED) is 0.464. The molecule has 3 aromatic rings. The molecule has 0 heterocycles. The topological polar surface area (TPSA) is 58.6 Å². The summed E-state index contributed by atoms with van der Waals surface area (Å²) >= 11 is 0. The van der Waals surface area contributed by atoms with E-state index in [0.29, 0.717) is 18.7 Å². The molecule has 0 fully saturated rings. The maximum atomic E-state index is 13.6. The summed E-state index contributed by atoms with van der Waals surface area (Å²) in [6.45, 7) is 10.0. The van der Waals surface area contributed by atoms with Gasteiger partial charge in [-0.3, -0.25) is 9.59 Å². The average Bonchev–Trinajstić information content (AvgIpc) is 2.80. The Morgan fingerprint density at radius 2 is 1.51 bits per heavy atom. The molecule has 1 N–H and O–H groups in total. The lowest BCUT2D eigenvalue weighted by molar-refractivity contribution is -0.143. The fourth-order valence-corrected chi connectivity index (χ4v) is 3.88. The molecule has 0 unspecified atom stereocenters. The molecule has 35 heavy (non-hydrogen) atoms. The lowest BCUT2D eigenvalue weighted by Gasteiger charge is -2.33. The third kappa shape index (κ3) is 8.29. The van der Waals surface area contributed by atoms with Crippen molar-refractivity contribution in [1.29, 1.82) is 0 Å². The number of ether oxygens (including phenoxy) is 1. The van der Waals surface area contributed by atoms with Crippen molar-refractivity contribution >= 4 is 11.8 Å². The van der Waals surface area contributed by atoms with E-state index in [1.165, 1.54) is 0 Å². The standard InChI is InChI=1S/C30H36N2O3/c1-22-14-16-26(17-15-22)35-21-28(33)32(20-25-13-9-10-23(2)18-25)27(29(34)31-30(3,4)5)19-24-11-7-6-8-12-24/h6-18,27H,19-21H2,1-5H3,(H,31,34)/t27-/m1/s1. The van der Waals surface area contributed by atoms with E-state index in [1.807, 2.05) is 113 Å². The van der Waals surface area contributed by atoms with Crippen molar-refractivity contribution in [3.05, 3.63) is 101 Å². The van der Waals surface area contributed by atoms with Crippen LogP contribution < -0.4 is 10.1 Å². The van der Waals surface area contributed by atoms with E-state index >= 15 is 0 Å². The number of hydrogen-bond acceptors (Lipinski definition) is 3. The van der Waals surface area contributed by atoms with E-state index in [2.05, 4.69) is 5.32 Å². The van der Waals surface area contributed by atoms with Crippen LogP contribution in [0.2, 0.25) is 0 Å². The molecule has 0 aromatic heterocycles. The number of aryl methyl sites for hydroxylation is 2. The van der Waals surface area contributed by atoms with Crippen molar-refractivity contribution in [2.24, 2.45) is 0 Å². The molecule has 5 nitrogen and oxygen atoms in total. The highest BCUT2D eigenvalue weighted by Gasteiger charge is 2.32. The summed E-state index contributed by atoms with van der Waals surface area (Å²) in [4.78, 5) is 28.8. The maximum Gasteiger partial charge on any atom is 0.261 e. The Kier molecular flexibility index (Phi) is 8.69. The van der Waals surface area contributed by atoms with Crippen LogP contribution in [0.4, 0.5) is 0 Å². The molecule has 1 atom stereocenters. The highest BCUT2D eigenvalue weighted by atomic mass is 16.5. The first-order valence-corrected chi connectivity index (χ1v) is 12.0. The molecule has 0 aliphatic rings. The second-order valence-corrected chi connectivity index (χ2v) is 10.1. The van der Waals surface area contributed by atoms with E-state index in [-0.39, 0.29) is 18.4 Å². The van der Waals surface area contributed by atoms with Gasteiger partial charge in [0.1, 0.15) is 11.8 Å². The van der Waals surface area contributed by atoms with Gasteiger partial charge in [0.25, 0.3) is 5.91 Å². The Labute approximate surface area is 209 Å². The van der Waals surface area contributed by atoms with Crippen molar-refractivity contribution < 1.29 is 14.3 Å². The zero-order valence-electron chi connectivity index (χ0n) is 21.4. The smallest absolute Gasteiger partial charge is 0.261 e. The van der Waals surface area contributed by atoms with Crippen molar-refractivity contribution in [2.75, 3.05) is 6.61 Å². The molecule has 0 aliphatic heterocycles.